The SMILES string of the molecule is CC1(C)SSC(c2ccc(N=O)cc2)C1O. The van der Waals surface area contributed by atoms with Gasteiger partial charge in [-0.15, -0.1) is 4.91 Å². The minimum atomic E-state index is -0.377. The molecule has 0 radical (unpaired) electrons. The van der Waals surface area contributed by atoms with Crippen molar-refractivity contribution in [2.45, 2.75) is 29.9 Å². The molecule has 5 heteroatoms. The van der Waals surface area contributed by atoms with Crippen LogP contribution in [0.2, 0.25) is 0 Å². The molecule has 1 heterocycles. The van der Waals surface area contributed by atoms with Gasteiger partial charge in [-0.25, -0.2) is 0 Å². The van der Waals surface area contributed by atoms with E-state index in [9.17, 15) is 10.0 Å². The molecule has 1 saturated heterocycles. The second-order valence-electron chi connectivity index (χ2n) is 4.33. The quantitative estimate of drug-likeness (QED) is 0.647. The van der Waals surface area contributed by atoms with Crippen LogP contribution in [-0.2, 0) is 0 Å². The highest BCUT2D eigenvalue weighted by Gasteiger charge is 2.43. The molecular formula is C11H13NO2S2. The van der Waals surface area contributed by atoms with Crippen LogP contribution in [-0.4, -0.2) is 16.0 Å². The highest BCUT2D eigenvalue weighted by molar-refractivity contribution is 8.77. The highest BCUT2D eigenvalue weighted by atomic mass is 33.1. The predicted molar refractivity (Wildman–Crippen MR) is 69.9 cm³/mol. The standard InChI is InChI=1S/C11H13NO2S2/c1-11(2)10(13)9(15-16-11)7-3-5-8(12-14)6-4-7/h3-6,9-10,13H,1-2H3. The number of aliphatic hydroxyl groups excluding tert-OH is 1. The molecule has 0 bridgehead atoms. The summed E-state index contributed by atoms with van der Waals surface area (Å²) in [4.78, 5) is 10.3. The summed E-state index contributed by atoms with van der Waals surface area (Å²) in [5, 5.41) is 13.1. The van der Waals surface area contributed by atoms with Gasteiger partial charge < -0.3 is 5.11 Å². The third-order valence-corrected chi connectivity index (χ3v) is 6.40. The van der Waals surface area contributed by atoms with Gasteiger partial charge in [0.25, 0.3) is 0 Å². The molecule has 16 heavy (non-hydrogen) atoms. The molecule has 1 fully saturated rings. The number of benzene rings is 1. The van der Waals surface area contributed by atoms with Gasteiger partial charge in [-0.05, 0) is 36.7 Å². The Balaban J connectivity index is 2.22. The lowest BCUT2D eigenvalue weighted by molar-refractivity contribution is 0.143. The van der Waals surface area contributed by atoms with Crippen molar-refractivity contribution >= 4 is 27.3 Å². The second kappa shape index (κ2) is 4.39. The number of nitroso groups, excluding NO2 is 1. The third-order valence-electron chi connectivity index (χ3n) is 2.69. The minimum absolute atomic E-state index is 0.0701. The summed E-state index contributed by atoms with van der Waals surface area (Å²) in [6.45, 7) is 4.08. The first-order valence-corrected chi connectivity index (χ1v) is 7.22. The molecule has 1 aliphatic rings. The van der Waals surface area contributed by atoms with Crippen molar-refractivity contribution in [2.75, 3.05) is 0 Å². The van der Waals surface area contributed by atoms with Crippen molar-refractivity contribution in [2.24, 2.45) is 5.18 Å². The summed E-state index contributed by atoms with van der Waals surface area (Å²) >= 11 is 0. The maximum absolute atomic E-state index is 10.3. The Bertz CT molecular complexity index is 391. The lowest BCUT2D eigenvalue weighted by atomic mass is 9.97. The summed E-state index contributed by atoms with van der Waals surface area (Å²) in [5.74, 6) is 0. The molecule has 2 unspecified atom stereocenters. The van der Waals surface area contributed by atoms with E-state index in [1.54, 1.807) is 33.7 Å². The molecule has 3 nitrogen and oxygen atoms in total. The smallest absolute Gasteiger partial charge is 0.108 e. The van der Waals surface area contributed by atoms with Crippen LogP contribution in [0.25, 0.3) is 0 Å². The topological polar surface area (TPSA) is 49.7 Å². The molecule has 0 aromatic heterocycles. The van der Waals surface area contributed by atoms with Gasteiger partial charge >= 0.3 is 0 Å². The average Bonchev–Trinajstić information content (AvgIpc) is 2.55. The number of aliphatic hydroxyl groups is 1. The number of hydrogen-bond donors (Lipinski definition) is 1. The Morgan fingerprint density at radius 1 is 1.31 bits per heavy atom. The first kappa shape index (κ1) is 12.0. The Labute approximate surface area is 102 Å². The lowest BCUT2D eigenvalue weighted by Crippen LogP contribution is -2.31. The molecule has 86 valence electrons. The van der Waals surface area contributed by atoms with E-state index in [4.69, 9.17) is 0 Å². The maximum atomic E-state index is 10.3. The van der Waals surface area contributed by atoms with Crippen LogP contribution in [0.5, 0.6) is 0 Å². The summed E-state index contributed by atoms with van der Waals surface area (Å²) in [5.41, 5.74) is 1.47. The molecule has 1 N–H and O–H groups in total. The van der Waals surface area contributed by atoms with E-state index in [2.05, 4.69) is 5.18 Å². The lowest BCUT2D eigenvalue weighted by Gasteiger charge is -2.22. The molecule has 0 amide bonds. The third kappa shape index (κ3) is 2.12. The number of nitrogens with zero attached hydrogens (tertiary/aromatic N) is 1. The van der Waals surface area contributed by atoms with E-state index in [1.165, 1.54) is 0 Å². The monoisotopic (exact) mass is 255 g/mol. The van der Waals surface area contributed by atoms with E-state index < -0.39 is 0 Å². The van der Waals surface area contributed by atoms with Gasteiger partial charge in [-0.2, -0.15) is 0 Å². The van der Waals surface area contributed by atoms with Crippen LogP contribution in [0.15, 0.2) is 29.4 Å². The zero-order valence-electron chi connectivity index (χ0n) is 9.08. The molecule has 1 aromatic carbocycles. The fraction of sp³-hybridized carbons (Fsp3) is 0.455. The van der Waals surface area contributed by atoms with Crippen molar-refractivity contribution in [1.82, 2.24) is 0 Å². The number of rotatable bonds is 2. The summed E-state index contributed by atoms with van der Waals surface area (Å²) < 4.78 is -0.128. The van der Waals surface area contributed by atoms with E-state index in [0.717, 1.165) is 5.56 Å². The van der Waals surface area contributed by atoms with Crippen LogP contribution in [0.3, 0.4) is 0 Å². The van der Waals surface area contributed by atoms with Crippen LogP contribution in [0, 0.1) is 4.91 Å². The second-order valence-corrected chi connectivity index (χ2v) is 7.33. The average molecular weight is 255 g/mol. The summed E-state index contributed by atoms with van der Waals surface area (Å²) in [7, 11) is 3.38. The van der Waals surface area contributed by atoms with Gasteiger partial charge in [0.1, 0.15) is 5.69 Å². The van der Waals surface area contributed by atoms with Gasteiger partial charge in [0.2, 0.25) is 0 Å². The van der Waals surface area contributed by atoms with E-state index >= 15 is 0 Å². The Morgan fingerprint density at radius 3 is 2.38 bits per heavy atom. The molecular weight excluding hydrogens is 242 g/mol. The largest absolute Gasteiger partial charge is 0.390 e. The van der Waals surface area contributed by atoms with E-state index in [0.29, 0.717) is 5.69 Å². The molecule has 2 atom stereocenters. The van der Waals surface area contributed by atoms with Crippen molar-refractivity contribution < 1.29 is 5.11 Å². The zero-order valence-corrected chi connectivity index (χ0v) is 10.7. The molecule has 0 saturated carbocycles. The fourth-order valence-electron chi connectivity index (χ4n) is 1.61. The fourth-order valence-corrected chi connectivity index (χ4v) is 4.99. The van der Waals surface area contributed by atoms with Gasteiger partial charge in [-0.1, -0.05) is 33.7 Å². The minimum Gasteiger partial charge on any atom is -0.390 e. The Morgan fingerprint density at radius 2 is 1.94 bits per heavy atom. The van der Waals surface area contributed by atoms with Gasteiger partial charge in [-0.3, -0.25) is 0 Å². The molecule has 0 spiro atoms. The van der Waals surface area contributed by atoms with E-state index in [1.807, 2.05) is 26.0 Å². The Hall–Kier alpha value is -0.520. The predicted octanol–water partition coefficient (Wildman–Crippen LogP) is 3.66. The van der Waals surface area contributed by atoms with Gasteiger partial charge in [0.05, 0.1) is 11.4 Å². The van der Waals surface area contributed by atoms with Crippen LogP contribution < -0.4 is 0 Å². The molecule has 1 aromatic rings. The maximum Gasteiger partial charge on any atom is 0.108 e. The first-order chi connectivity index (χ1) is 7.54. The first-order valence-electron chi connectivity index (χ1n) is 5.00. The molecule has 1 aliphatic heterocycles. The van der Waals surface area contributed by atoms with Crippen LogP contribution in [0.1, 0.15) is 24.7 Å². The summed E-state index contributed by atoms with van der Waals surface area (Å²) in [6.07, 6.45) is -0.377. The Kier molecular flexibility index (Phi) is 3.28. The van der Waals surface area contributed by atoms with Crippen LogP contribution >= 0.6 is 21.6 Å². The van der Waals surface area contributed by atoms with Crippen molar-refractivity contribution in [1.29, 1.82) is 0 Å². The number of hydrogen-bond acceptors (Lipinski definition) is 5. The van der Waals surface area contributed by atoms with Gasteiger partial charge in [0.15, 0.2) is 0 Å². The molecule has 0 aliphatic carbocycles. The van der Waals surface area contributed by atoms with Crippen molar-refractivity contribution in [3.05, 3.63) is 34.7 Å². The van der Waals surface area contributed by atoms with Crippen molar-refractivity contribution in [3.8, 4) is 0 Å². The van der Waals surface area contributed by atoms with Gasteiger partial charge in [0, 0.05) is 4.75 Å². The van der Waals surface area contributed by atoms with Crippen molar-refractivity contribution in [3.63, 3.8) is 0 Å². The summed E-state index contributed by atoms with van der Waals surface area (Å²) in [6, 6.07) is 7.09. The highest BCUT2D eigenvalue weighted by Crippen LogP contribution is 2.57. The normalized spacial score (nSPS) is 27.9. The molecule has 2 rings (SSSR count). The zero-order chi connectivity index (χ0) is 11.8. The van der Waals surface area contributed by atoms with Crippen LogP contribution in [0.4, 0.5) is 5.69 Å². The van der Waals surface area contributed by atoms with E-state index in [-0.39, 0.29) is 16.1 Å².